The Kier molecular flexibility index (Phi) is 7.30. The van der Waals surface area contributed by atoms with Gasteiger partial charge in [0.2, 0.25) is 0 Å². The second kappa shape index (κ2) is 9.91. The first-order valence-corrected chi connectivity index (χ1v) is 11.6. The molecule has 2 atom stereocenters. The van der Waals surface area contributed by atoms with Crippen molar-refractivity contribution in [2.75, 3.05) is 11.9 Å². The number of amides is 2. The second-order valence-electron chi connectivity index (χ2n) is 6.34. The SMILES string of the molecule is CCc1nc([AsH2])nc([AsH2])c1-c1ccc(NC(=O)NCCc2ccccc2)cc1. The van der Waals surface area contributed by atoms with Crippen molar-refractivity contribution in [1.82, 2.24) is 15.3 Å². The van der Waals surface area contributed by atoms with Gasteiger partial charge in [0, 0.05) is 0 Å². The van der Waals surface area contributed by atoms with Gasteiger partial charge in [-0.15, -0.1) is 0 Å². The van der Waals surface area contributed by atoms with Crippen LogP contribution in [-0.4, -0.2) is 56.2 Å². The number of anilines is 1. The summed E-state index contributed by atoms with van der Waals surface area (Å²) >= 11 is 2.95. The molecule has 3 rings (SSSR count). The summed E-state index contributed by atoms with van der Waals surface area (Å²) in [4.78, 5) is 21.3. The minimum absolute atomic E-state index is 0.196. The summed E-state index contributed by atoms with van der Waals surface area (Å²) in [6.07, 6.45) is 1.68. The van der Waals surface area contributed by atoms with E-state index in [1.165, 1.54) is 39.3 Å². The molecule has 0 fully saturated rings. The monoisotopic (exact) mass is 498 g/mol. The zero-order chi connectivity index (χ0) is 19.9. The van der Waals surface area contributed by atoms with Gasteiger partial charge in [-0.05, 0) is 0 Å². The van der Waals surface area contributed by atoms with Crippen LogP contribution in [0.2, 0.25) is 0 Å². The molecule has 0 bridgehead atoms. The van der Waals surface area contributed by atoms with Crippen molar-refractivity contribution in [3.05, 3.63) is 65.9 Å². The zero-order valence-corrected chi connectivity index (χ0v) is 20.6. The van der Waals surface area contributed by atoms with Crippen molar-refractivity contribution in [1.29, 1.82) is 0 Å². The number of carbonyl (C=O) groups excluding carboxylic acids is 1. The molecule has 2 N–H and O–H groups in total. The van der Waals surface area contributed by atoms with Crippen molar-refractivity contribution in [3.63, 3.8) is 0 Å². The van der Waals surface area contributed by atoms with E-state index >= 15 is 0 Å². The number of carbonyl (C=O) groups is 1. The number of aryl methyl sites for hydroxylation is 1. The van der Waals surface area contributed by atoms with Crippen LogP contribution in [0.5, 0.6) is 0 Å². The summed E-state index contributed by atoms with van der Waals surface area (Å²) in [6, 6.07) is 17.8. The van der Waals surface area contributed by atoms with Crippen molar-refractivity contribution in [3.8, 4) is 11.1 Å². The number of urea groups is 1. The third kappa shape index (κ3) is 5.47. The summed E-state index contributed by atoms with van der Waals surface area (Å²) in [7, 11) is 0. The number of nitrogens with zero attached hydrogens (tertiary/aromatic N) is 2. The van der Waals surface area contributed by atoms with Crippen LogP contribution in [0.3, 0.4) is 0 Å². The van der Waals surface area contributed by atoms with Crippen LogP contribution in [0, 0.1) is 0 Å². The van der Waals surface area contributed by atoms with Gasteiger partial charge in [0.15, 0.2) is 0 Å². The molecule has 2 amide bonds. The molecule has 0 radical (unpaired) electrons. The van der Waals surface area contributed by atoms with Gasteiger partial charge in [-0.2, -0.15) is 0 Å². The first-order chi connectivity index (χ1) is 13.6. The van der Waals surface area contributed by atoms with Crippen molar-refractivity contribution < 1.29 is 4.79 Å². The van der Waals surface area contributed by atoms with Crippen LogP contribution < -0.4 is 19.7 Å². The third-order valence-corrected chi connectivity index (χ3v) is 5.76. The van der Waals surface area contributed by atoms with E-state index in [1.807, 2.05) is 42.5 Å². The van der Waals surface area contributed by atoms with E-state index in [-0.39, 0.29) is 6.03 Å². The Morgan fingerprint density at radius 1 is 1.00 bits per heavy atom. The molecule has 7 heteroatoms. The van der Waals surface area contributed by atoms with Gasteiger partial charge in [0.1, 0.15) is 0 Å². The fourth-order valence-corrected chi connectivity index (χ4v) is 5.23. The van der Waals surface area contributed by atoms with E-state index in [9.17, 15) is 4.79 Å². The topological polar surface area (TPSA) is 66.9 Å². The maximum absolute atomic E-state index is 12.1. The number of rotatable bonds is 6. The minimum atomic E-state index is -0.196. The molecule has 5 nitrogen and oxygen atoms in total. The van der Waals surface area contributed by atoms with Crippen LogP contribution in [-0.2, 0) is 12.8 Å². The van der Waals surface area contributed by atoms with Crippen LogP contribution in [0.4, 0.5) is 10.5 Å². The second-order valence-corrected chi connectivity index (χ2v) is 8.57. The van der Waals surface area contributed by atoms with Crippen molar-refractivity contribution in [2.45, 2.75) is 19.8 Å². The van der Waals surface area contributed by atoms with E-state index in [4.69, 9.17) is 0 Å². The van der Waals surface area contributed by atoms with Crippen molar-refractivity contribution >= 4 is 54.5 Å². The van der Waals surface area contributed by atoms with Gasteiger partial charge < -0.3 is 0 Å². The average molecular weight is 498 g/mol. The Bertz CT molecular complexity index is 947. The number of aromatic nitrogens is 2. The summed E-state index contributed by atoms with van der Waals surface area (Å²) < 4.78 is 1.93. The van der Waals surface area contributed by atoms with Crippen LogP contribution >= 0.6 is 0 Å². The number of nitrogens with one attached hydrogen (secondary N) is 2. The first kappa shape index (κ1) is 20.6. The molecule has 0 spiro atoms. The predicted octanol–water partition coefficient (Wildman–Crippen LogP) is 0.587. The molecule has 2 aromatic carbocycles. The Labute approximate surface area is 182 Å². The van der Waals surface area contributed by atoms with E-state index < -0.39 is 0 Å². The van der Waals surface area contributed by atoms with Gasteiger partial charge in [0.05, 0.1) is 0 Å². The maximum atomic E-state index is 12.1. The van der Waals surface area contributed by atoms with Gasteiger partial charge in [0.25, 0.3) is 0 Å². The van der Waals surface area contributed by atoms with E-state index in [0.29, 0.717) is 6.54 Å². The summed E-state index contributed by atoms with van der Waals surface area (Å²) in [5.74, 6) is 0. The molecule has 2 unspecified atom stereocenters. The standard InChI is InChI=1S/C21H24As2N4O/c1-2-17-18(19(22)27-20(23)26-17)15-8-10-16(11-9-15)25-21(28)24-13-12-14-6-4-3-5-7-14/h3-11H,2,12-13,22-23H2,1H3,(H2,24,25,28). The Hall–Kier alpha value is -2.09. The summed E-state index contributed by atoms with van der Waals surface area (Å²) in [5, 5.41) is 5.78. The van der Waals surface area contributed by atoms with E-state index in [1.54, 1.807) is 0 Å². The fourth-order valence-electron chi connectivity index (χ4n) is 2.98. The van der Waals surface area contributed by atoms with Crippen LogP contribution in [0.1, 0.15) is 18.2 Å². The molecule has 0 aliphatic carbocycles. The molecule has 0 aliphatic rings. The molecule has 0 aliphatic heterocycles. The molecular formula is C21H24As2N4O. The van der Waals surface area contributed by atoms with Crippen LogP contribution in [0.15, 0.2) is 54.6 Å². The Morgan fingerprint density at radius 3 is 2.39 bits per heavy atom. The summed E-state index contributed by atoms with van der Waals surface area (Å²) in [6.45, 7) is 2.71. The number of hydrogen-bond acceptors (Lipinski definition) is 3. The normalized spacial score (nSPS) is 10.5. The molecule has 28 heavy (non-hydrogen) atoms. The fraction of sp³-hybridized carbons (Fsp3) is 0.190. The molecule has 1 heterocycles. The van der Waals surface area contributed by atoms with Gasteiger partial charge >= 0.3 is 153 Å². The quantitative estimate of drug-likeness (QED) is 0.490. The molecule has 0 saturated carbocycles. The zero-order valence-electron chi connectivity index (χ0n) is 15.8. The average Bonchev–Trinajstić information content (AvgIpc) is 2.69. The van der Waals surface area contributed by atoms with Gasteiger partial charge in [-0.1, -0.05) is 30.3 Å². The first-order valence-electron chi connectivity index (χ1n) is 9.18. The molecule has 1 aromatic heterocycles. The van der Waals surface area contributed by atoms with Gasteiger partial charge in [-0.3, -0.25) is 0 Å². The van der Waals surface area contributed by atoms with Gasteiger partial charge in [-0.25, -0.2) is 0 Å². The van der Waals surface area contributed by atoms with Crippen LogP contribution in [0.25, 0.3) is 11.1 Å². The summed E-state index contributed by atoms with van der Waals surface area (Å²) in [5.41, 5.74) is 5.24. The van der Waals surface area contributed by atoms with E-state index in [0.717, 1.165) is 44.4 Å². The molecule has 3 aromatic rings. The Balaban J connectivity index is 1.61. The molecular weight excluding hydrogens is 474 g/mol. The van der Waals surface area contributed by atoms with E-state index in [2.05, 4.69) is 39.7 Å². The van der Waals surface area contributed by atoms with Crippen molar-refractivity contribution in [2.24, 2.45) is 0 Å². The third-order valence-electron chi connectivity index (χ3n) is 4.34. The number of benzene rings is 2. The Morgan fingerprint density at radius 2 is 1.71 bits per heavy atom. The predicted molar refractivity (Wildman–Crippen MR) is 120 cm³/mol. The molecule has 0 saturated heterocycles. The number of hydrogen-bond donors (Lipinski definition) is 2. The molecule has 144 valence electrons.